The van der Waals surface area contributed by atoms with Crippen LogP contribution in [0, 0.1) is 0 Å². The highest BCUT2D eigenvalue weighted by atomic mass is 16.3. The van der Waals surface area contributed by atoms with E-state index in [1.165, 1.54) is 0 Å². The number of rotatable bonds is 3. The van der Waals surface area contributed by atoms with Gasteiger partial charge >= 0.3 is 0 Å². The van der Waals surface area contributed by atoms with Crippen LogP contribution in [0.1, 0.15) is 59.6 Å². The van der Waals surface area contributed by atoms with Crippen LogP contribution in [0.25, 0.3) is 11.2 Å². The van der Waals surface area contributed by atoms with Crippen LogP contribution in [-0.2, 0) is 17.5 Å². The van der Waals surface area contributed by atoms with E-state index in [1.54, 1.807) is 6.33 Å². The van der Waals surface area contributed by atoms with Crippen molar-refractivity contribution in [2.45, 2.75) is 71.6 Å². The molecule has 10 nitrogen and oxygen atoms in total. The number of imidazole rings is 1. The molecule has 0 bridgehead atoms. The lowest BCUT2D eigenvalue weighted by Crippen LogP contribution is -2.27. The summed E-state index contributed by atoms with van der Waals surface area (Å²) < 4.78 is 3.79. The molecule has 1 aliphatic rings. The van der Waals surface area contributed by atoms with Gasteiger partial charge in [0.1, 0.15) is 5.82 Å². The summed E-state index contributed by atoms with van der Waals surface area (Å²) in [5, 5.41) is 22.2. The first-order valence-corrected chi connectivity index (χ1v) is 9.98. The lowest BCUT2D eigenvalue weighted by Gasteiger charge is -2.22. The van der Waals surface area contributed by atoms with Crippen LogP contribution in [0.4, 0.5) is 5.82 Å². The van der Waals surface area contributed by atoms with Gasteiger partial charge < -0.3 is 14.6 Å². The van der Waals surface area contributed by atoms with E-state index in [4.69, 9.17) is 9.97 Å². The van der Waals surface area contributed by atoms with E-state index in [2.05, 4.69) is 67.0 Å². The Balaban J connectivity index is 1.82. The number of aromatic nitrogens is 8. The van der Waals surface area contributed by atoms with Crippen molar-refractivity contribution in [1.29, 1.82) is 0 Å². The average Bonchev–Trinajstić information content (AvgIpc) is 3.33. The molecule has 156 valence electrons. The number of aliphatic hydroxyl groups is 1. The Bertz CT molecular complexity index is 1020. The minimum Gasteiger partial charge on any atom is -0.391 e. The first-order chi connectivity index (χ1) is 13.5. The molecule has 1 fully saturated rings. The standard InChI is InChI=1S/C19H29N9O/c1-18(2,3)17-21-15(26-8-7-12(29)9-26)14-16(22-17)27(11-20-14)10-13-23-24-25-28(13)19(4,5)6/h11-12,29H,7-10H2,1-6H3. The zero-order chi connectivity index (χ0) is 21.0. The first kappa shape index (κ1) is 19.7. The van der Waals surface area contributed by atoms with Crippen LogP contribution >= 0.6 is 0 Å². The van der Waals surface area contributed by atoms with E-state index in [1.807, 2.05) is 9.25 Å². The molecule has 3 aromatic rings. The van der Waals surface area contributed by atoms with E-state index in [-0.39, 0.29) is 17.1 Å². The lowest BCUT2D eigenvalue weighted by atomic mass is 9.96. The zero-order valence-electron chi connectivity index (χ0n) is 18.0. The maximum atomic E-state index is 10.0. The van der Waals surface area contributed by atoms with Crippen molar-refractivity contribution in [2.24, 2.45) is 0 Å². The van der Waals surface area contributed by atoms with E-state index >= 15 is 0 Å². The predicted octanol–water partition coefficient (Wildman–Crippen LogP) is 1.48. The molecular formula is C19H29N9O. The SMILES string of the molecule is CC(C)(C)c1nc(N2CCC(O)C2)c2ncn(Cc3nnnn3C(C)(C)C)c2n1. The van der Waals surface area contributed by atoms with Gasteiger partial charge in [-0.2, -0.15) is 0 Å². The van der Waals surface area contributed by atoms with Gasteiger partial charge in [-0.1, -0.05) is 20.8 Å². The van der Waals surface area contributed by atoms with Crippen molar-refractivity contribution in [1.82, 2.24) is 39.7 Å². The number of nitrogens with zero attached hydrogens (tertiary/aromatic N) is 9. The Labute approximate surface area is 170 Å². The second-order valence-corrected chi connectivity index (χ2v) is 9.73. The zero-order valence-corrected chi connectivity index (χ0v) is 18.0. The fourth-order valence-corrected chi connectivity index (χ4v) is 3.51. The van der Waals surface area contributed by atoms with E-state index in [0.29, 0.717) is 13.1 Å². The molecule has 1 unspecified atom stereocenters. The van der Waals surface area contributed by atoms with E-state index in [0.717, 1.165) is 41.6 Å². The van der Waals surface area contributed by atoms with Gasteiger partial charge in [-0.15, -0.1) is 5.10 Å². The summed E-state index contributed by atoms with van der Waals surface area (Å²) in [4.78, 5) is 16.4. The summed E-state index contributed by atoms with van der Waals surface area (Å²) in [6, 6.07) is 0. The van der Waals surface area contributed by atoms with Crippen LogP contribution in [0.15, 0.2) is 6.33 Å². The van der Waals surface area contributed by atoms with Crippen molar-refractivity contribution in [2.75, 3.05) is 18.0 Å². The highest BCUT2D eigenvalue weighted by Crippen LogP contribution is 2.30. The molecule has 0 spiro atoms. The average molecular weight is 400 g/mol. The minimum absolute atomic E-state index is 0.219. The molecule has 0 radical (unpaired) electrons. The lowest BCUT2D eigenvalue weighted by molar-refractivity contribution is 0.198. The molecule has 1 aliphatic heterocycles. The van der Waals surface area contributed by atoms with Gasteiger partial charge in [0.2, 0.25) is 0 Å². The van der Waals surface area contributed by atoms with Gasteiger partial charge in [0.15, 0.2) is 22.8 Å². The molecule has 1 N–H and O–H groups in total. The minimum atomic E-state index is -0.336. The normalized spacial score (nSPS) is 18.2. The molecule has 0 aromatic carbocycles. The van der Waals surface area contributed by atoms with Crippen molar-refractivity contribution in [3.63, 3.8) is 0 Å². The fourth-order valence-electron chi connectivity index (χ4n) is 3.51. The third-order valence-electron chi connectivity index (χ3n) is 5.06. The number of hydrogen-bond donors (Lipinski definition) is 1. The molecule has 0 saturated carbocycles. The summed E-state index contributed by atoms with van der Waals surface area (Å²) in [6.07, 6.45) is 2.16. The van der Waals surface area contributed by atoms with Crippen molar-refractivity contribution in [3.05, 3.63) is 18.0 Å². The van der Waals surface area contributed by atoms with Crippen LogP contribution in [0.2, 0.25) is 0 Å². The number of fused-ring (bicyclic) bond motifs is 1. The van der Waals surface area contributed by atoms with Crippen LogP contribution in [-0.4, -0.2) is 64.0 Å². The highest BCUT2D eigenvalue weighted by Gasteiger charge is 2.29. The number of aliphatic hydroxyl groups excluding tert-OH is 1. The van der Waals surface area contributed by atoms with Gasteiger partial charge in [0.05, 0.1) is 24.5 Å². The topological polar surface area (TPSA) is 111 Å². The molecule has 4 heterocycles. The Kier molecular flexibility index (Phi) is 4.56. The van der Waals surface area contributed by atoms with E-state index < -0.39 is 0 Å². The number of tetrazole rings is 1. The van der Waals surface area contributed by atoms with Crippen molar-refractivity contribution in [3.8, 4) is 0 Å². The Morgan fingerprint density at radius 1 is 1.14 bits per heavy atom. The summed E-state index contributed by atoms with van der Waals surface area (Å²) >= 11 is 0. The van der Waals surface area contributed by atoms with Gasteiger partial charge in [-0.25, -0.2) is 19.6 Å². The molecule has 0 amide bonds. The summed E-state index contributed by atoms with van der Waals surface area (Å²) in [5.74, 6) is 2.27. The molecule has 10 heteroatoms. The first-order valence-electron chi connectivity index (χ1n) is 9.98. The second-order valence-electron chi connectivity index (χ2n) is 9.73. The maximum Gasteiger partial charge on any atom is 0.171 e. The van der Waals surface area contributed by atoms with Gasteiger partial charge in [0.25, 0.3) is 0 Å². The Morgan fingerprint density at radius 2 is 1.90 bits per heavy atom. The van der Waals surface area contributed by atoms with Gasteiger partial charge in [-0.05, 0) is 37.6 Å². The molecule has 1 atom stereocenters. The Hall–Kier alpha value is -2.62. The van der Waals surface area contributed by atoms with Crippen LogP contribution in [0.5, 0.6) is 0 Å². The van der Waals surface area contributed by atoms with Crippen LogP contribution < -0.4 is 4.90 Å². The van der Waals surface area contributed by atoms with Crippen LogP contribution in [0.3, 0.4) is 0 Å². The molecule has 1 saturated heterocycles. The fraction of sp³-hybridized carbons (Fsp3) is 0.684. The maximum absolute atomic E-state index is 10.0. The van der Waals surface area contributed by atoms with E-state index in [9.17, 15) is 5.11 Å². The number of hydrogen-bond acceptors (Lipinski definition) is 8. The third kappa shape index (κ3) is 3.68. The van der Waals surface area contributed by atoms with Crippen molar-refractivity contribution >= 4 is 17.0 Å². The molecule has 3 aromatic heterocycles. The second kappa shape index (κ2) is 6.72. The summed E-state index contributed by atoms with van der Waals surface area (Å²) in [6.45, 7) is 14.3. The highest BCUT2D eigenvalue weighted by molar-refractivity contribution is 5.84. The number of β-amino-alcohol motifs (C(OH)–C–C–N with tert-alkyl or cyclic N) is 1. The smallest absolute Gasteiger partial charge is 0.171 e. The third-order valence-corrected chi connectivity index (χ3v) is 5.06. The molecule has 29 heavy (non-hydrogen) atoms. The largest absolute Gasteiger partial charge is 0.391 e. The van der Waals surface area contributed by atoms with Gasteiger partial charge in [-0.3, -0.25) is 0 Å². The van der Waals surface area contributed by atoms with Crippen molar-refractivity contribution < 1.29 is 5.11 Å². The molecule has 0 aliphatic carbocycles. The Morgan fingerprint density at radius 3 is 2.52 bits per heavy atom. The quantitative estimate of drug-likeness (QED) is 0.705. The molecule has 4 rings (SSSR count). The summed E-state index contributed by atoms with van der Waals surface area (Å²) in [5.41, 5.74) is 1.05. The summed E-state index contributed by atoms with van der Waals surface area (Å²) in [7, 11) is 0. The molecular weight excluding hydrogens is 370 g/mol. The predicted molar refractivity (Wildman–Crippen MR) is 109 cm³/mol. The van der Waals surface area contributed by atoms with Gasteiger partial charge in [0, 0.05) is 18.5 Å². The monoisotopic (exact) mass is 399 g/mol. The number of anilines is 1.